The van der Waals surface area contributed by atoms with E-state index in [0.717, 1.165) is 31.2 Å². The summed E-state index contributed by atoms with van der Waals surface area (Å²) in [5.41, 5.74) is 0.984. The highest BCUT2D eigenvalue weighted by atomic mass is 32.2. The van der Waals surface area contributed by atoms with Gasteiger partial charge in [-0.1, -0.05) is 37.0 Å². The molecule has 0 radical (unpaired) electrons. The second kappa shape index (κ2) is 6.39. The van der Waals surface area contributed by atoms with E-state index in [0.29, 0.717) is 12.3 Å². The summed E-state index contributed by atoms with van der Waals surface area (Å²) >= 11 is 0. The largest absolute Gasteiger partial charge is 0.274 e. The molecule has 0 aliphatic heterocycles. The summed E-state index contributed by atoms with van der Waals surface area (Å²) in [6.07, 6.45) is 5.87. The van der Waals surface area contributed by atoms with Crippen LogP contribution in [0.5, 0.6) is 0 Å². The number of hydrogen-bond acceptors (Lipinski definition) is 3. The fraction of sp³-hybridized carbons (Fsp3) is 0.533. The van der Waals surface area contributed by atoms with Crippen molar-refractivity contribution in [1.82, 2.24) is 4.72 Å². The van der Waals surface area contributed by atoms with Crippen molar-refractivity contribution in [1.29, 1.82) is 0 Å². The highest BCUT2D eigenvalue weighted by Crippen LogP contribution is 2.26. The second-order valence-electron chi connectivity index (χ2n) is 5.55. The van der Waals surface area contributed by atoms with Gasteiger partial charge in [-0.2, -0.15) is 0 Å². The van der Waals surface area contributed by atoms with Gasteiger partial charge in [0.05, 0.1) is 4.90 Å². The first-order valence-electron chi connectivity index (χ1n) is 7.10. The van der Waals surface area contributed by atoms with Gasteiger partial charge in [-0.3, -0.25) is 4.79 Å². The first-order valence-corrected chi connectivity index (χ1v) is 8.58. The molecule has 0 spiro atoms. The minimum Gasteiger partial charge on any atom is -0.274 e. The molecule has 1 saturated carbocycles. The Hall–Kier alpha value is -1.36. The van der Waals surface area contributed by atoms with Gasteiger partial charge in [-0.05, 0) is 37.8 Å². The van der Waals surface area contributed by atoms with Gasteiger partial charge in [0.15, 0.2) is 0 Å². The predicted molar refractivity (Wildman–Crippen MR) is 77.7 cm³/mol. The number of aryl methyl sites for hydroxylation is 1. The number of nitrogens with one attached hydrogen (secondary N) is 1. The highest BCUT2D eigenvalue weighted by molar-refractivity contribution is 7.90. The quantitative estimate of drug-likeness (QED) is 0.929. The van der Waals surface area contributed by atoms with Crippen LogP contribution in [-0.4, -0.2) is 14.3 Å². The van der Waals surface area contributed by atoms with E-state index in [1.165, 1.54) is 18.6 Å². The van der Waals surface area contributed by atoms with E-state index in [9.17, 15) is 13.2 Å². The van der Waals surface area contributed by atoms with E-state index in [1.54, 1.807) is 12.1 Å². The molecule has 1 aliphatic rings. The van der Waals surface area contributed by atoms with Crippen molar-refractivity contribution in [2.75, 3.05) is 0 Å². The number of sulfonamides is 1. The zero-order chi connectivity index (χ0) is 14.6. The number of benzene rings is 1. The monoisotopic (exact) mass is 295 g/mol. The van der Waals surface area contributed by atoms with E-state index in [1.807, 2.05) is 6.92 Å². The van der Waals surface area contributed by atoms with Crippen LogP contribution in [0.4, 0.5) is 0 Å². The zero-order valence-corrected chi connectivity index (χ0v) is 12.6. The summed E-state index contributed by atoms with van der Waals surface area (Å²) in [5.74, 6) is -0.0607. The van der Waals surface area contributed by atoms with Crippen molar-refractivity contribution in [3.05, 3.63) is 29.8 Å². The molecule has 0 unspecified atom stereocenters. The molecular formula is C15H21NO3S. The van der Waals surface area contributed by atoms with E-state index >= 15 is 0 Å². The lowest BCUT2D eigenvalue weighted by molar-refractivity contribution is -0.120. The average molecular weight is 295 g/mol. The maximum absolute atomic E-state index is 12.1. The predicted octanol–water partition coefficient (Wildman–Crippen LogP) is 2.77. The fourth-order valence-electron chi connectivity index (χ4n) is 2.62. The standard InChI is InChI=1S/C15H21NO3S/c1-12-7-9-14(10-8-12)20(18,19)16-15(17)11-13-5-3-2-4-6-13/h7-10,13H,2-6,11H2,1H3,(H,16,17). The lowest BCUT2D eigenvalue weighted by Crippen LogP contribution is -2.32. The third-order valence-electron chi connectivity index (χ3n) is 3.78. The molecule has 0 bridgehead atoms. The molecule has 0 atom stereocenters. The molecule has 110 valence electrons. The third kappa shape index (κ3) is 4.07. The van der Waals surface area contributed by atoms with Crippen molar-refractivity contribution < 1.29 is 13.2 Å². The summed E-state index contributed by atoms with van der Waals surface area (Å²) in [7, 11) is -3.73. The summed E-state index contributed by atoms with van der Waals surface area (Å²) < 4.78 is 26.3. The minimum absolute atomic E-state index is 0.139. The zero-order valence-electron chi connectivity index (χ0n) is 11.8. The van der Waals surface area contributed by atoms with E-state index in [-0.39, 0.29) is 4.90 Å². The first-order chi connectivity index (χ1) is 9.47. The van der Waals surface area contributed by atoms with E-state index in [2.05, 4.69) is 4.72 Å². The molecule has 20 heavy (non-hydrogen) atoms. The molecule has 5 heteroatoms. The van der Waals surface area contributed by atoms with E-state index in [4.69, 9.17) is 0 Å². The van der Waals surface area contributed by atoms with Crippen LogP contribution in [0.3, 0.4) is 0 Å². The number of rotatable bonds is 4. The Bertz CT molecular complexity index is 557. The topological polar surface area (TPSA) is 63.2 Å². The van der Waals surface area contributed by atoms with Gasteiger partial charge < -0.3 is 0 Å². The maximum Gasteiger partial charge on any atom is 0.264 e. The van der Waals surface area contributed by atoms with Gasteiger partial charge in [0, 0.05) is 6.42 Å². The minimum atomic E-state index is -3.73. The Labute approximate surface area is 120 Å². The van der Waals surface area contributed by atoms with Crippen LogP contribution in [0, 0.1) is 12.8 Å². The molecule has 1 aliphatic carbocycles. The van der Waals surface area contributed by atoms with Crippen molar-refractivity contribution in [2.45, 2.75) is 50.3 Å². The van der Waals surface area contributed by atoms with Gasteiger partial charge in [0.2, 0.25) is 5.91 Å². The van der Waals surface area contributed by atoms with Crippen LogP contribution in [0.15, 0.2) is 29.2 Å². The van der Waals surface area contributed by atoms with Crippen molar-refractivity contribution in [2.24, 2.45) is 5.92 Å². The maximum atomic E-state index is 12.1. The average Bonchev–Trinajstić information content (AvgIpc) is 2.39. The lowest BCUT2D eigenvalue weighted by atomic mass is 9.87. The first kappa shape index (κ1) is 15.0. The van der Waals surface area contributed by atoms with Crippen LogP contribution in [-0.2, 0) is 14.8 Å². The van der Waals surface area contributed by atoms with Crippen LogP contribution in [0.1, 0.15) is 44.1 Å². The second-order valence-corrected chi connectivity index (χ2v) is 7.23. The number of amides is 1. The summed E-state index contributed by atoms with van der Waals surface area (Å²) in [5, 5.41) is 0. The van der Waals surface area contributed by atoms with Crippen molar-refractivity contribution in [3.63, 3.8) is 0 Å². The molecule has 1 aromatic carbocycles. The SMILES string of the molecule is Cc1ccc(S(=O)(=O)NC(=O)CC2CCCCC2)cc1. The Balaban J connectivity index is 1.97. The number of hydrogen-bond donors (Lipinski definition) is 1. The van der Waals surface area contributed by atoms with Gasteiger partial charge in [0.1, 0.15) is 0 Å². The number of carbonyl (C=O) groups is 1. The van der Waals surface area contributed by atoms with Gasteiger partial charge in [-0.25, -0.2) is 13.1 Å². The van der Waals surface area contributed by atoms with Crippen molar-refractivity contribution >= 4 is 15.9 Å². The molecule has 0 saturated heterocycles. The Morgan fingerprint density at radius 2 is 1.75 bits per heavy atom. The van der Waals surface area contributed by atoms with Crippen LogP contribution >= 0.6 is 0 Å². The molecule has 4 nitrogen and oxygen atoms in total. The van der Waals surface area contributed by atoms with Crippen molar-refractivity contribution in [3.8, 4) is 0 Å². The molecule has 1 fully saturated rings. The summed E-state index contributed by atoms with van der Waals surface area (Å²) in [6, 6.07) is 6.48. The Kier molecular flexibility index (Phi) is 4.81. The number of carbonyl (C=O) groups excluding carboxylic acids is 1. The summed E-state index contributed by atoms with van der Waals surface area (Å²) in [6.45, 7) is 1.89. The molecular weight excluding hydrogens is 274 g/mol. The lowest BCUT2D eigenvalue weighted by Gasteiger charge is -2.20. The third-order valence-corrected chi connectivity index (χ3v) is 5.17. The Morgan fingerprint density at radius 1 is 1.15 bits per heavy atom. The van der Waals surface area contributed by atoms with Gasteiger partial charge in [0.25, 0.3) is 10.0 Å². The van der Waals surface area contributed by atoms with E-state index < -0.39 is 15.9 Å². The van der Waals surface area contributed by atoms with Gasteiger partial charge >= 0.3 is 0 Å². The highest BCUT2D eigenvalue weighted by Gasteiger charge is 2.21. The van der Waals surface area contributed by atoms with Crippen LogP contribution in [0.25, 0.3) is 0 Å². The molecule has 0 heterocycles. The molecule has 2 rings (SSSR count). The Morgan fingerprint density at radius 3 is 2.35 bits per heavy atom. The smallest absolute Gasteiger partial charge is 0.264 e. The molecule has 1 aromatic rings. The van der Waals surface area contributed by atoms with Gasteiger partial charge in [-0.15, -0.1) is 0 Å². The molecule has 1 N–H and O–H groups in total. The summed E-state index contributed by atoms with van der Waals surface area (Å²) in [4.78, 5) is 12.0. The molecule has 1 amide bonds. The normalized spacial score (nSPS) is 16.9. The van der Waals surface area contributed by atoms with Crippen LogP contribution < -0.4 is 4.72 Å². The van der Waals surface area contributed by atoms with Crippen LogP contribution in [0.2, 0.25) is 0 Å². The molecule has 0 aromatic heterocycles. The fourth-order valence-corrected chi connectivity index (χ4v) is 3.62.